The van der Waals surface area contributed by atoms with E-state index in [1.807, 2.05) is 24.3 Å². The van der Waals surface area contributed by atoms with Crippen LogP contribution < -0.4 is 9.47 Å². The van der Waals surface area contributed by atoms with Gasteiger partial charge in [0.2, 0.25) is 6.79 Å². The van der Waals surface area contributed by atoms with Crippen molar-refractivity contribution >= 4 is 5.69 Å². The van der Waals surface area contributed by atoms with Crippen LogP contribution in [-0.4, -0.2) is 11.7 Å². The molecule has 0 aliphatic carbocycles. The summed E-state index contributed by atoms with van der Waals surface area (Å²) >= 11 is 0. The van der Waals surface area contributed by atoms with E-state index in [1.165, 1.54) is 0 Å². The molecular formula is C14H11NO4. The highest BCUT2D eigenvalue weighted by Gasteiger charge is 2.16. The number of hydrogen-bond acceptors (Lipinski definition) is 4. The fraction of sp³-hybridized carbons (Fsp3) is 0.143. The average molecular weight is 257 g/mol. The number of nitro groups is 1. The highest BCUT2D eigenvalue weighted by molar-refractivity contribution is 5.70. The number of benzene rings is 2. The number of hydrogen-bond donors (Lipinski definition) is 0. The number of nitro benzene ring substituents is 1. The van der Waals surface area contributed by atoms with Gasteiger partial charge in [0.15, 0.2) is 11.5 Å². The van der Waals surface area contributed by atoms with Crippen LogP contribution in [0.3, 0.4) is 0 Å². The zero-order valence-corrected chi connectivity index (χ0v) is 10.3. The second-order valence-corrected chi connectivity index (χ2v) is 4.33. The van der Waals surface area contributed by atoms with Gasteiger partial charge in [-0.2, -0.15) is 0 Å². The third-order valence-electron chi connectivity index (χ3n) is 3.11. The predicted molar refractivity (Wildman–Crippen MR) is 69.4 cm³/mol. The Morgan fingerprint density at radius 3 is 2.53 bits per heavy atom. The van der Waals surface area contributed by atoms with Crippen molar-refractivity contribution in [2.45, 2.75) is 6.92 Å². The average Bonchev–Trinajstić information content (AvgIpc) is 2.86. The molecule has 0 atom stereocenters. The molecule has 1 aliphatic heterocycles. The van der Waals surface area contributed by atoms with E-state index in [2.05, 4.69) is 0 Å². The molecule has 5 nitrogen and oxygen atoms in total. The van der Waals surface area contributed by atoms with Gasteiger partial charge in [0.05, 0.1) is 4.92 Å². The summed E-state index contributed by atoms with van der Waals surface area (Å²) in [5.41, 5.74) is 2.42. The molecule has 1 heterocycles. The van der Waals surface area contributed by atoms with Crippen molar-refractivity contribution in [3.63, 3.8) is 0 Å². The largest absolute Gasteiger partial charge is 0.454 e. The minimum absolute atomic E-state index is 0.121. The van der Waals surface area contributed by atoms with E-state index < -0.39 is 0 Å². The smallest absolute Gasteiger partial charge is 0.272 e. The molecule has 2 aromatic rings. The van der Waals surface area contributed by atoms with Crippen LogP contribution in [0, 0.1) is 17.0 Å². The van der Waals surface area contributed by atoms with Crippen LogP contribution in [0.4, 0.5) is 5.69 Å². The van der Waals surface area contributed by atoms with Gasteiger partial charge in [0.1, 0.15) is 0 Å². The van der Waals surface area contributed by atoms with E-state index >= 15 is 0 Å². The Bertz CT molecular complexity index is 666. The van der Waals surface area contributed by atoms with E-state index in [9.17, 15) is 10.1 Å². The molecule has 0 radical (unpaired) electrons. The normalized spacial score (nSPS) is 12.5. The van der Waals surface area contributed by atoms with E-state index in [-0.39, 0.29) is 17.4 Å². The second kappa shape index (κ2) is 4.28. The number of aryl methyl sites for hydroxylation is 1. The van der Waals surface area contributed by atoms with Gasteiger partial charge >= 0.3 is 0 Å². The molecule has 96 valence electrons. The van der Waals surface area contributed by atoms with Gasteiger partial charge in [-0.1, -0.05) is 18.2 Å². The number of fused-ring (bicyclic) bond motifs is 1. The van der Waals surface area contributed by atoms with Gasteiger partial charge in [0.25, 0.3) is 5.69 Å². The first kappa shape index (κ1) is 11.5. The second-order valence-electron chi connectivity index (χ2n) is 4.33. The molecule has 0 unspecified atom stereocenters. The summed E-state index contributed by atoms with van der Waals surface area (Å²) in [5.74, 6) is 1.37. The predicted octanol–water partition coefficient (Wildman–Crippen LogP) is 3.30. The van der Waals surface area contributed by atoms with Crippen molar-refractivity contribution in [1.82, 2.24) is 0 Å². The minimum Gasteiger partial charge on any atom is -0.454 e. The third-order valence-corrected chi connectivity index (χ3v) is 3.11. The molecule has 5 heteroatoms. The maximum absolute atomic E-state index is 11.0. The van der Waals surface area contributed by atoms with Gasteiger partial charge in [0, 0.05) is 11.6 Å². The van der Waals surface area contributed by atoms with Gasteiger partial charge in [-0.3, -0.25) is 10.1 Å². The number of nitrogens with zero attached hydrogens (tertiary/aromatic N) is 1. The summed E-state index contributed by atoms with van der Waals surface area (Å²) in [6.07, 6.45) is 0. The van der Waals surface area contributed by atoms with Crippen LogP contribution in [0.1, 0.15) is 5.56 Å². The van der Waals surface area contributed by atoms with Crippen LogP contribution in [0.15, 0.2) is 36.4 Å². The van der Waals surface area contributed by atoms with E-state index in [0.29, 0.717) is 17.1 Å². The maximum Gasteiger partial charge on any atom is 0.272 e. The fourth-order valence-corrected chi connectivity index (χ4v) is 2.06. The van der Waals surface area contributed by atoms with Gasteiger partial charge in [-0.25, -0.2) is 0 Å². The quantitative estimate of drug-likeness (QED) is 0.611. The highest BCUT2D eigenvalue weighted by atomic mass is 16.7. The zero-order valence-electron chi connectivity index (χ0n) is 10.3. The van der Waals surface area contributed by atoms with Crippen LogP contribution in [-0.2, 0) is 0 Å². The molecule has 0 saturated carbocycles. The SMILES string of the molecule is Cc1ccc(-c2ccc3c(c2)OCO3)cc1[N+](=O)[O-]. The fourth-order valence-electron chi connectivity index (χ4n) is 2.06. The molecule has 2 aromatic carbocycles. The molecule has 0 bridgehead atoms. The Balaban J connectivity index is 2.07. The van der Waals surface area contributed by atoms with Gasteiger partial charge in [-0.05, 0) is 30.2 Å². The van der Waals surface area contributed by atoms with E-state index in [0.717, 1.165) is 11.1 Å². The lowest BCUT2D eigenvalue weighted by molar-refractivity contribution is -0.385. The zero-order chi connectivity index (χ0) is 13.4. The van der Waals surface area contributed by atoms with Crippen LogP contribution in [0.5, 0.6) is 11.5 Å². The van der Waals surface area contributed by atoms with E-state index in [1.54, 1.807) is 19.1 Å². The summed E-state index contributed by atoms with van der Waals surface area (Å²) in [6, 6.07) is 10.7. The lowest BCUT2D eigenvalue weighted by Gasteiger charge is -2.05. The molecule has 19 heavy (non-hydrogen) atoms. The van der Waals surface area contributed by atoms with Gasteiger partial charge in [-0.15, -0.1) is 0 Å². The summed E-state index contributed by atoms with van der Waals surface area (Å²) < 4.78 is 10.5. The lowest BCUT2D eigenvalue weighted by atomic mass is 10.0. The molecule has 3 rings (SSSR count). The Morgan fingerprint density at radius 1 is 1.05 bits per heavy atom. The Hall–Kier alpha value is -2.56. The van der Waals surface area contributed by atoms with Crippen LogP contribution in [0.2, 0.25) is 0 Å². The molecule has 0 spiro atoms. The summed E-state index contributed by atoms with van der Waals surface area (Å²) in [4.78, 5) is 10.6. The van der Waals surface area contributed by atoms with E-state index in [4.69, 9.17) is 9.47 Å². The molecule has 0 fully saturated rings. The Morgan fingerprint density at radius 2 is 1.74 bits per heavy atom. The summed E-state index contributed by atoms with van der Waals surface area (Å²) in [5, 5.41) is 11.0. The van der Waals surface area contributed by atoms with Crippen molar-refractivity contribution < 1.29 is 14.4 Å². The summed E-state index contributed by atoms with van der Waals surface area (Å²) in [7, 11) is 0. The molecular weight excluding hydrogens is 246 g/mol. The third kappa shape index (κ3) is 1.99. The van der Waals surface area contributed by atoms with Crippen molar-refractivity contribution in [2.75, 3.05) is 6.79 Å². The van der Waals surface area contributed by atoms with Crippen molar-refractivity contribution in [3.8, 4) is 22.6 Å². The molecule has 1 aliphatic rings. The molecule has 0 N–H and O–H groups in total. The number of ether oxygens (including phenoxy) is 2. The van der Waals surface area contributed by atoms with Crippen molar-refractivity contribution in [1.29, 1.82) is 0 Å². The molecule has 0 aromatic heterocycles. The maximum atomic E-state index is 11.0. The van der Waals surface area contributed by atoms with Gasteiger partial charge < -0.3 is 9.47 Å². The van der Waals surface area contributed by atoms with Crippen molar-refractivity contribution in [3.05, 3.63) is 52.1 Å². The van der Waals surface area contributed by atoms with Crippen LogP contribution >= 0.6 is 0 Å². The molecule has 0 amide bonds. The standard InChI is InChI=1S/C14H11NO4/c1-9-2-3-10(6-12(9)15(16)17)11-4-5-13-14(7-11)19-8-18-13/h2-7H,8H2,1H3. The first-order valence-corrected chi connectivity index (χ1v) is 5.80. The van der Waals surface area contributed by atoms with Crippen LogP contribution in [0.25, 0.3) is 11.1 Å². The number of rotatable bonds is 2. The lowest BCUT2D eigenvalue weighted by Crippen LogP contribution is -1.93. The van der Waals surface area contributed by atoms with Crippen molar-refractivity contribution in [2.24, 2.45) is 0 Å². The summed E-state index contributed by atoms with van der Waals surface area (Å²) in [6.45, 7) is 1.94. The highest BCUT2D eigenvalue weighted by Crippen LogP contribution is 2.36. The Kier molecular flexibility index (Phi) is 2.59. The first-order valence-electron chi connectivity index (χ1n) is 5.80. The minimum atomic E-state index is -0.369. The first-order chi connectivity index (χ1) is 9.15. The topological polar surface area (TPSA) is 61.6 Å². The monoisotopic (exact) mass is 257 g/mol. The Labute approximate surface area is 109 Å². The molecule has 0 saturated heterocycles.